The average Bonchev–Trinajstić information content (AvgIpc) is 2.72. The molecule has 1 fully saturated rings. The summed E-state index contributed by atoms with van der Waals surface area (Å²) in [5.74, 6) is 0.254. The van der Waals surface area contributed by atoms with Gasteiger partial charge in [0.05, 0.1) is 11.0 Å². The van der Waals surface area contributed by atoms with Gasteiger partial charge in [0, 0.05) is 38.9 Å². The minimum atomic E-state index is -2.97. The van der Waals surface area contributed by atoms with E-state index in [0.717, 1.165) is 4.57 Å². The number of aromatic nitrogens is 2. The van der Waals surface area contributed by atoms with Gasteiger partial charge >= 0.3 is 5.69 Å². The van der Waals surface area contributed by atoms with Crippen LogP contribution in [0.3, 0.4) is 0 Å². The van der Waals surface area contributed by atoms with Crippen molar-refractivity contribution >= 4 is 9.84 Å². The van der Waals surface area contributed by atoms with Crippen molar-refractivity contribution < 1.29 is 8.42 Å². The Kier molecular flexibility index (Phi) is 4.14. The fourth-order valence-electron chi connectivity index (χ4n) is 2.40. The van der Waals surface area contributed by atoms with Gasteiger partial charge in [-0.05, 0) is 12.8 Å². The predicted octanol–water partition coefficient (Wildman–Crippen LogP) is -1.25. The standard InChI is InChI=1S/C12H19N3O4S/c1-14-9(6-11(16)15(2)12(14)17)7-13-8-10-4-3-5-20(10,18)19/h6,10,13H,3-5,7-8H2,1-2H3. The second-order valence-corrected chi connectivity index (χ2v) is 7.54. The van der Waals surface area contributed by atoms with Crippen molar-refractivity contribution in [2.24, 2.45) is 14.1 Å². The van der Waals surface area contributed by atoms with Crippen LogP contribution < -0.4 is 16.6 Å². The zero-order valence-corrected chi connectivity index (χ0v) is 12.4. The van der Waals surface area contributed by atoms with E-state index >= 15 is 0 Å². The molecule has 1 atom stereocenters. The van der Waals surface area contributed by atoms with E-state index in [0.29, 0.717) is 31.6 Å². The first-order valence-electron chi connectivity index (χ1n) is 6.51. The zero-order chi connectivity index (χ0) is 14.9. The topological polar surface area (TPSA) is 90.2 Å². The van der Waals surface area contributed by atoms with Gasteiger partial charge in [-0.25, -0.2) is 13.2 Å². The Morgan fingerprint density at radius 3 is 2.60 bits per heavy atom. The summed E-state index contributed by atoms with van der Waals surface area (Å²) in [6, 6.07) is 1.39. The molecule has 0 bridgehead atoms. The highest BCUT2D eigenvalue weighted by Gasteiger charge is 2.30. The Hall–Kier alpha value is -1.41. The Balaban J connectivity index is 2.06. The molecule has 0 radical (unpaired) electrons. The molecule has 1 unspecified atom stereocenters. The van der Waals surface area contributed by atoms with Crippen LogP contribution in [0, 0.1) is 0 Å². The van der Waals surface area contributed by atoms with Crippen LogP contribution >= 0.6 is 0 Å². The fourth-order valence-corrected chi connectivity index (χ4v) is 4.20. The molecule has 0 aromatic carbocycles. The zero-order valence-electron chi connectivity index (χ0n) is 11.6. The Bertz CT molecular complexity index is 717. The van der Waals surface area contributed by atoms with E-state index < -0.39 is 9.84 Å². The second kappa shape index (κ2) is 5.53. The highest BCUT2D eigenvalue weighted by molar-refractivity contribution is 7.92. The fraction of sp³-hybridized carbons (Fsp3) is 0.667. The Labute approximate surface area is 117 Å². The third-order valence-corrected chi connectivity index (χ3v) is 6.04. The van der Waals surface area contributed by atoms with Gasteiger partial charge in [0.1, 0.15) is 0 Å². The molecule has 7 nitrogen and oxygen atoms in total. The van der Waals surface area contributed by atoms with E-state index in [4.69, 9.17) is 0 Å². The van der Waals surface area contributed by atoms with Crippen molar-refractivity contribution in [3.05, 3.63) is 32.6 Å². The third-order valence-electron chi connectivity index (χ3n) is 3.77. The lowest BCUT2D eigenvalue weighted by molar-refractivity contribution is 0.561. The van der Waals surface area contributed by atoms with Gasteiger partial charge < -0.3 is 5.32 Å². The molecule has 112 valence electrons. The van der Waals surface area contributed by atoms with Gasteiger partial charge in [-0.15, -0.1) is 0 Å². The summed E-state index contributed by atoms with van der Waals surface area (Å²) in [4.78, 5) is 23.3. The summed E-state index contributed by atoms with van der Waals surface area (Å²) < 4.78 is 25.8. The summed E-state index contributed by atoms with van der Waals surface area (Å²) >= 11 is 0. The van der Waals surface area contributed by atoms with Gasteiger partial charge in [0.25, 0.3) is 5.56 Å². The van der Waals surface area contributed by atoms with E-state index in [-0.39, 0.29) is 22.3 Å². The minimum Gasteiger partial charge on any atom is -0.310 e. The maximum atomic E-state index is 11.7. The molecule has 1 aliphatic heterocycles. The van der Waals surface area contributed by atoms with Crippen LogP contribution in [0.15, 0.2) is 15.7 Å². The molecule has 20 heavy (non-hydrogen) atoms. The van der Waals surface area contributed by atoms with Gasteiger partial charge in [-0.3, -0.25) is 13.9 Å². The average molecular weight is 301 g/mol. The monoisotopic (exact) mass is 301 g/mol. The molecule has 0 saturated carbocycles. The Morgan fingerprint density at radius 1 is 1.30 bits per heavy atom. The van der Waals surface area contributed by atoms with Crippen molar-refractivity contribution in [2.45, 2.75) is 24.6 Å². The van der Waals surface area contributed by atoms with Crippen LogP contribution in [0.1, 0.15) is 18.5 Å². The third kappa shape index (κ3) is 2.85. The van der Waals surface area contributed by atoms with E-state index in [1.165, 1.54) is 17.7 Å². The number of rotatable bonds is 4. The van der Waals surface area contributed by atoms with Gasteiger partial charge in [0.15, 0.2) is 9.84 Å². The Morgan fingerprint density at radius 2 is 2.00 bits per heavy atom. The van der Waals surface area contributed by atoms with E-state index in [2.05, 4.69) is 5.32 Å². The van der Waals surface area contributed by atoms with Crippen LogP contribution in [0.4, 0.5) is 0 Å². The lowest BCUT2D eigenvalue weighted by Crippen LogP contribution is -2.39. The van der Waals surface area contributed by atoms with E-state index in [9.17, 15) is 18.0 Å². The smallest absolute Gasteiger partial charge is 0.310 e. The number of nitrogens with one attached hydrogen (secondary N) is 1. The molecule has 0 spiro atoms. The van der Waals surface area contributed by atoms with Crippen molar-refractivity contribution in [2.75, 3.05) is 12.3 Å². The van der Waals surface area contributed by atoms with Crippen molar-refractivity contribution in [1.82, 2.24) is 14.5 Å². The maximum Gasteiger partial charge on any atom is 0.330 e. The summed E-state index contributed by atoms with van der Waals surface area (Å²) in [5.41, 5.74) is -0.199. The molecule has 8 heteroatoms. The van der Waals surface area contributed by atoms with Gasteiger partial charge in [0.2, 0.25) is 0 Å². The predicted molar refractivity (Wildman–Crippen MR) is 75.4 cm³/mol. The molecule has 1 saturated heterocycles. The number of nitrogens with zero attached hydrogens (tertiary/aromatic N) is 2. The van der Waals surface area contributed by atoms with E-state index in [1.54, 1.807) is 7.05 Å². The summed E-state index contributed by atoms with van der Waals surface area (Å²) in [5, 5.41) is 2.67. The van der Waals surface area contributed by atoms with E-state index in [1.807, 2.05) is 0 Å². The quantitative estimate of drug-likeness (QED) is 0.750. The van der Waals surface area contributed by atoms with Crippen LogP contribution in [0.5, 0.6) is 0 Å². The van der Waals surface area contributed by atoms with Crippen molar-refractivity contribution in [1.29, 1.82) is 0 Å². The maximum absolute atomic E-state index is 11.7. The normalized spacial score (nSPS) is 21.2. The molecule has 0 aliphatic carbocycles. The van der Waals surface area contributed by atoms with Crippen LogP contribution in [0.25, 0.3) is 0 Å². The van der Waals surface area contributed by atoms with Gasteiger partial charge in [-0.1, -0.05) is 0 Å². The molecule has 2 heterocycles. The van der Waals surface area contributed by atoms with Crippen LogP contribution in [-0.4, -0.2) is 35.1 Å². The molecular formula is C12H19N3O4S. The highest BCUT2D eigenvalue weighted by atomic mass is 32.2. The van der Waals surface area contributed by atoms with Crippen molar-refractivity contribution in [3.63, 3.8) is 0 Å². The molecule has 1 aliphatic rings. The molecular weight excluding hydrogens is 282 g/mol. The molecule has 1 aromatic rings. The SMILES string of the molecule is Cn1c(CNCC2CCCS2(=O)=O)cc(=O)n(C)c1=O. The summed E-state index contributed by atoms with van der Waals surface area (Å²) in [7, 11) is 0.0404. The lowest BCUT2D eigenvalue weighted by Gasteiger charge is -2.13. The number of sulfone groups is 1. The van der Waals surface area contributed by atoms with Crippen LogP contribution in [-0.2, 0) is 30.5 Å². The number of hydrogen-bond acceptors (Lipinski definition) is 5. The largest absolute Gasteiger partial charge is 0.330 e. The molecule has 2 rings (SSSR count). The molecule has 1 N–H and O–H groups in total. The second-order valence-electron chi connectivity index (χ2n) is 5.14. The van der Waals surface area contributed by atoms with Crippen LogP contribution in [0.2, 0.25) is 0 Å². The first-order valence-corrected chi connectivity index (χ1v) is 8.22. The summed E-state index contributed by atoms with van der Waals surface area (Å²) in [6.45, 7) is 0.652. The number of hydrogen-bond donors (Lipinski definition) is 1. The van der Waals surface area contributed by atoms with Crippen molar-refractivity contribution in [3.8, 4) is 0 Å². The molecule has 1 aromatic heterocycles. The first kappa shape index (κ1) is 15.0. The first-order chi connectivity index (χ1) is 9.33. The summed E-state index contributed by atoms with van der Waals surface area (Å²) in [6.07, 6.45) is 1.38. The molecule has 0 amide bonds. The minimum absolute atomic E-state index is 0.254. The highest BCUT2D eigenvalue weighted by Crippen LogP contribution is 2.19. The van der Waals surface area contributed by atoms with Gasteiger partial charge in [-0.2, -0.15) is 0 Å². The lowest BCUT2D eigenvalue weighted by atomic mass is 10.2.